The molecule has 0 bridgehead atoms. The number of hydrogen-bond acceptors (Lipinski definition) is 5. The summed E-state index contributed by atoms with van der Waals surface area (Å²) >= 11 is 0. The maximum absolute atomic E-state index is 12.8. The van der Waals surface area contributed by atoms with Gasteiger partial charge in [0.05, 0.1) is 23.6 Å². The number of nitrogens with zero attached hydrogens (tertiary/aromatic N) is 3. The van der Waals surface area contributed by atoms with Crippen molar-refractivity contribution in [1.29, 1.82) is 0 Å². The Bertz CT molecular complexity index is 746. The Labute approximate surface area is 154 Å². The van der Waals surface area contributed by atoms with Crippen molar-refractivity contribution < 1.29 is 22.9 Å². The maximum Gasteiger partial charge on any atom is 0.416 e. The van der Waals surface area contributed by atoms with Crippen molar-refractivity contribution in [2.24, 2.45) is 0 Å². The molecule has 1 aromatic rings. The Morgan fingerprint density at radius 3 is 2.67 bits per heavy atom. The van der Waals surface area contributed by atoms with Crippen LogP contribution in [0.25, 0.3) is 0 Å². The zero-order chi connectivity index (χ0) is 20.0. The van der Waals surface area contributed by atoms with Gasteiger partial charge in [0, 0.05) is 32.2 Å². The molecule has 1 fully saturated rings. The van der Waals surface area contributed by atoms with Crippen LogP contribution < -0.4 is 10.2 Å². The van der Waals surface area contributed by atoms with Gasteiger partial charge in [0.15, 0.2) is 0 Å². The molecule has 27 heavy (non-hydrogen) atoms. The summed E-state index contributed by atoms with van der Waals surface area (Å²) in [6.45, 7) is 2.11. The van der Waals surface area contributed by atoms with Crippen LogP contribution in [0.5, 0.6) is 0 Å². The number of benzene rings is 1. The van der Waals surface area contributed by atoms with Gasteiger partial charge in [-0.3, -0.25) is 19.8 Å². The van der Waals surface area contributed by atoms with E-state index < -0.39 is 22.4 Å². The molecule has 1 amide bonds. The minimum absolute atomic E-state index is 0.135. The van der Waals surface area contributed by atoms with Gasteiger partial charge in [-0.2, -0.15) is 13.2 Å². The fourth-order valence-corrected chi connectivity index (χ4v) is 2.89. The first-order chi connectivity index (χ1) is 12.7. The Hall–Kier alpha value is -2.80. The predicted molar refractivity (Wildman–Crippen MR) is 93.2 cm³/mol. The van der Waals surface area contributed by atoms with Gasteiger partial charge in [0.25, 0.3) is 5.69 Å². The number of alkyl halides is 3. The quantitative estimate of drug-likeness (QED) is 0.476. The van der Waals surface area contributed by atoms with E-state index in [1.807, 2.05) is 4.90 Å². The van der Waals surface area contributed by atoms with Crippen molar-refractivity contribution in [1.82, 2.24) is 10.2 Å². The van der Waals surface area contributed by atoms with Crippen molar-refractivity contribution in [3.8, 4) is 12.3 Å². The van der Waals surface area contributed by atoms with E-state index >= 15 is 0 Å². The van der Waals surface area contributed by atoms with Crippen LogP contribution in [0.15, 0.2) is 18.2 Å². The molecule has 0 saturated carbocycles. The van der Waals surface area contributed by atoms with E-state index in [2.05, 4.69) is 11.2 Å². The third-order valence-electron chi connectivity index (χ3n) is 4.18. The summed E-state index contributed by atoms with van der Waals surface area (Å²) in [7, 11) is 0. The molecular weight excluding hydrogens is 365 g/mol. The summed E-state index contributed by atoms with van der Waals surface area (Å²) in [5, 5.41) is 13.8. The van der Waals surface area contributed by atoms with E-state index in [1.54, 1.807) is 4.90 Å². The van der Waals surface area contributed by atoms with E-state index in [9.17, 15) is 28.1 Å². The molecule has 1 aromatic carbocycles. The van der Waals surface area contributed by atoms with E-state index in [-0.39, 0.29) is 24.7 Å². The number of carbonyl (C=O) groups excluding carboxylic acids is 1. The van der Waals surface area contributed by atoms with E-state index in [0.717, 1.165) is 12.1 Å². The summed E-state index contributed by atoms with van der Waals surface area (Å²) in [6.07, 6.45) is 1.05. The molecule has 146 valence electrons. The third-order valence-corrected chi connectivity index (χ3v) is 4.18. The molecule has 1 saturated heterocycles. The highest BCUT2D eigenvalue weighted by Gasteiger charge is 2.34. The van der Waals surface area contributed by atoms with Gasteiger partial charge in [-0.1, -0.05) is 5.92 Å². The third kappa shape index (κ3) is 5.59. The molecule has 0 unspecified atom stereocenters. The molecule has 0 atom stereocenters. The lowest BCUT2D eigenvalue weighted by Gasteiger charge is -2.23. The number of hydrogen-bond donors (Lipinski definition) is 1. The minimum Gasteiger partial charge on any atom is -0.365 e. The van der Waals surface area contributed by atoms with Crippen molar-refractivity contribution in [3.63, 3.8) is 0 Å². The first-order valence-corrected chi connectivity index (χ1v) is 8.25. The molecule has 0 radical (unpaired) electrons. The van der Waals surface area contributed by atoms with Gasteiger partial charge >= 0.3 is 6.18 Å². The first-order valence-electron chi connectivity index (χ1n) is 8.25. The smallest absolute Gasteiger partial charge is 0.365 e. The number of nitro benzene ring substituents is 1. The van der Waals surface area contributed by atoms with Gasteiger partial charge in [-0.05, 0) is 18.6 Å². The molecule has 7 nitrogen and oxygen atoms in total. The van der Waals surface area contributed by atoms with Crippen LogP contribution in [-0.2, 0) is 11.0 Å². The van der Waals surface area contributed by atoms with Crippen molar-refractivity contribution >= 4 is 17.3 Å². The number of terminal acetylenes is 1. The molecule has 1 aliphatic heterocycles. The molecule has 1 aliphatic rings. The Morgan fingerprint density at radius 1 is 1.30 bits per heavy atom. The molecule has 0 aliphatic carbocycles. The van der Waals surface area contributed by atoms with Gasteiger partial charge in [0.1, 0.15) is 5.69 Å². The Balaban J connectivity index is 2.12. The Morgan fingerprint density at radius 2 is 2.04 bits per heavy atom. The maximum atomic E-state index is 12.8. The second-order valence-corrected chi connectivity index (χ2v) is 6.06. The highest BCUT2D eigenvalue weighted by atomic mass is 19.4. The number of amides is 1. The van der Waals surface area contributed by atoms with E-state index in [0.29, 0.717) is 38.7 Å². The van der Waals surface area contributed by atoms with Crippen LogP contribution in [0, 0.1) is 22.5 Å². The average molecular weight is 384 g/mol. The molecule has 10 heteroatoms. The number of carbonyl (C=O) groups is 1. The zero-order valence-corrected chi connectivity index (χ0v) is 14.5. The lowest BCUT2D eigenvalue weighted by atomic mass is 10.1. The largest absolute Gasteiger partial charge is 0.416 e. The average Bonchev–Trinajstić information content (AvgIpc) is 2.84. The molecule has 0 aromatic heterocycles. The summed E-state index contributed by atoms with van der Waals surface area (Å²) in [6, 6.07) is 2.54. The molecular formula is C17H19F3N4O3. The predicted octanol–water partition coefficient (Wildman–Crippen LogP) is 1.88. The van der Waals surface area contributed by atoms with Crippen LogP contribution in [-0.4, -0.2) is 55.0 Å². The van der Waals surface area contributed by atoms with E-state index in [4.69, 9.17) is 6.42 Å². The van der Waals surface area contributed by atoms with Gasteiger partial charge in [0.2, 0.25) is 5.91 Å². The zero-order valence-electron chi connectivity index (χ0n) is 14.5. The summed E-state index contributed by atoms with van der Waals surface area (Å²) in [5.41, 5.74) is -1.49. The molecule has 1 heterocycles. The fraction of sp³-hybridized carbons (Fsp3) is 0.471. The number of nitro groups is 1. The van der Waals surface area contributed by atoms with Crippen molar-refractivity contribution in [3.05, 3.63) is 33.9 Å². The second kappa shape index (κ2) is 8.73. The SMILES string of the molecule is C#CCNC(=O)CN1CCCN(c2ccc(C(F)(F)F)cc2[N+](=O)[O-])CC1. The van der Waals surface area contributed by atoms with Crippen LogP contribution in [0.3, 0.4) is 0 Å². The van der Waals surface area contributed by atoms with Crippen LogP contribution in [0.2, 0.25) is 0 Å². The van der Waals surface area contributed by atoms with Crippen LogP contribution in [0.4, 0.5) is 24.5 Å². The van der Waals surface area contributed by atoms with Gasteiger partial charge in [-0.25, -0.2) is 0 Å². The lowest BCUT2D eigenvalue weighted by molar-refractivity contribution is -0.384. The van der Waals surface area contributed by atoms with E-state index in [1.165, 1.54) is 0 Å². The highest BCUT2D eigenvalue weighted by molar-refractivity contribution is 5.78. The number of halogens is 3. The van der Waals surface area contributed by atoms with Gasteiger partial charge < -0.3 is 10.2 Å². The number of anilines is 1. The number of rotatable bonds is 5. The van der Waals surface area contributed by atoms with Gasteiger partial charge in [-0.15, -0.1) is 6.42 Å². The Kier molecular flexibility index (Phi) is 6.63. The summed E-state index contributed by atoms with van der Waals surface area (Å²) in [4.78, 5) is 25.8. The monoisotopic (exact) mass is 384 g/mol. The first kappa shape index (κ1) is 20.5. The molecule has 1 N–H and O–H groups in total. The fourth-order valence-electron chi connectivity index (χ4n) is 2.89. The topological polar surface area (TPSA) is 78.7 Å². The summed E-state index contributed by atoms with van der Waals surface area (Å²) < 4.78 is 38.5. The van der Waals surface area contributed by atoms with Crippen LogP contribution >= 0.6 is 0 Å². The number of nitrogens with one attached hydrogen (secondary N) is 1. The highest BCUT2D eigenvalue weighted by Crippen LogP contribution is 2.36. The normalized spacial score (nSPS) is 15.7. The summed E-state index contributed by atoms with van der Waals surface area (Å²) in [5.74, 6) is 2.09. The lowest BCUT2D eigenvalue weighted by Crippen LogP contribution is -2.39. The minimum atomic E-state index is -4.65. The van der Waals surface area contributed by atoms with Crippen molar-refractivity contribution in [2.45, 2.75) is 12.6 Å². The van der Waals surface area contributed by atoms with Crippen molar-refractivity contribution in [2.75, 3.05) is 44.2 Å². The van der Waals surface area contributed by atoms with Crippen LogP contribution in [0.1, 0.15) is 12.0 Å². The second-order valence-electron chi connectivity index (χ2n) is 6.06. The molecule has 0 spiro atoms. The molecule has 2 rings (SSSR count). The standard InChI is InChI=1S/C17H19F3N4O3/c1-2-6-21-16(25)12-22-7-3-8-23(10-9-22)14-5-4-13(17(18,19)20)11-15(14)24(26)27/h1,4-5,11H,3,6-10,12H2,(H,21,25).